The fourth-order valence-corrected chi connectivity index (χ4v) is 3.92. The number of piperidine rings is 1. The topological polar surface area (TPSA) is 66.7 Å². The van der Waals surface area contributed by atoms with E-state index < -0.39 is 0 Å². The molecule has 7 nitrogen and oxygen atoms in total. The molecule has 2 heterocycles. The summed E-state index contributed by atoms with van der Waals surface area (Å²) in [5.41, 5.74) is 0.971. The van der Waals surface area contributed by atoms with Crippen LogP contribution in [-0.2, 0) is 19.6 Å². The quantitative estimate of drug-likeness (QED) is 0.498. The van der Waals surface area contributed by atoms with Crippen LogP contribution in [0.5, 0.6) is 5.75 Å². The number of aliphatic imine (C=N–C) groups is 1. The number of nitrogens with zero attached hydrogens (tertiary/aromatic N) is 4. The van der Waals surface area contributed by atoms with Gasteiger partial charge in [0.05, 0.1) is 13.7 Å². The number of aromatic nitrogens is 2. The predicted molar refractivity (Wildman–Crippen MR) is 122 cm³/mol. The number of guanidine groups is 1. The number of halogens is 1. The summed E-state index contributed by atoms with van der Waals surface area (Å²) in [4.78, 5) is 11.2. The Labute approximate surface area is 184 Å². The molecule has 1 aromatic heterocycles. The van der Waals surface area contributed by atoms with E-state index in [-0.39, 0.29) is 11.6 Å². The first-order chi connectivity index (χ1) is 15.0. The number of imidazole rings is 1. The molecule has 1 aliphatic heterocycles. The van der Waals surface area contributed by atoms with Crippen LogP contribution in [0.4, 0.5) is 4.39 Å². The highest BCUT2D eigenvalue weighted by Gasteiger charge is 2.20. The van der Waals surface area contributed by atoms with Crippen LogP contribution in [0.15, 0.2) is 35.6 Å². The standard InChI is InChI=1S/C23H35FN6O/c1-17(2)15-30-12-9-26-22(30)14-27-23(25-3)28-19-7-10-29(11-8-19)16-18-5-6-21(31-4)20(24)13-18/h5-6,9,12-13,17,19H,7-8,10-11,14-16H2,1-4H3,(H2,25,27,28). The summed E-state index contributed by atoms with van der Waals surface area (Å²) >= 11 is 0. The fraction of sp³-hybridized carbons (Fsp3) is 0.565. The van der Waals surface area contributed by atoms with Crippen molar-refractivity contribution in [1.82, 2.24) is 25.1 Å². The highest BCUT2D eigenvalue weighted by molar-refractivity contribution is 5.79. The van der Waals surface area contributed by atoms with Crippen molar-refractivity contribution in [2.45, 2.75) is 52.4 Å². The zero-order valence-corrected chi connectivity index (χ0v) is 19.1. The van der Waals surface area contributed by atoms with Gasteiger partial charge in [-0.25, -0.2) is 9.37 Å². The molecule has 1 aliphatic rings. The maximum absolute atomic E-state index is 13.9. The average Bonchev–Trinajstić information content (AvgIpc) is 3.18. The second kappa shape index (κ2) is 11.1. The number of methoxy groups -OCH3 is 1. The zero-order valence-electron chi connectivity index (χ0n) is 19.1. The third kappa shape index (κ3) is 6.69. The molecule has 170 valence electrons. The van der Waals surface area contributed by atoms with Crippen LogP contribution in [0.1, 0.15) is 38.1 Å². The van der Waals surface area contributed by atoms with Crippen molar-refractivity contribution >= 4 is 5.96 Å². The Bertz CT molecular complexity index is 858. The predicted octanol–water partition coefficient (Wildman–Crippen LogP) is 3.02. The number of hydrogen-bond donors (Lipinski definition) is 2. The lowest BCUT2D eigenvalue weighted by atomic mass is 10.0. The molecule has 31 heavy (non-hydrogen) atoms. The van der Waals surface area contributed by atoms with Crippen LogP contribution in [0.25, 0.3) is 0 Å². The Morgan fingerprint density at radius 1 is 1.32 bits per heavy atom. The third-order valence-electron chi connectivity index (χ3n) is 5.55. The first-order valence-electron chi connectivity index (χ1n) is 11.0. The second-order valence-electron chi connectivity index (χ2n) is 8.48. The van der Waals surface area contributed by atoms with Crippen LogP contribution in [-0.4, -0.2) is 53.7 Å². The van der Waals surface area contributed by atoms with Gasteiger partial charge in [0.1, 0.15) is 5.82 Å². The van der Waals surface area contributed by atoms with Crippen LogP contribution in [0, 0.1) is 11.7 Å². The number of hydrogen-bond acceptors (Lipinski definition) is 4. The maximum Gasteiger partial charge on any atom is 0.191 e. The van der Waals surface area contributed by atoms with Gasteiger partial charge in [-0.3, -0.25) is 9.89 Å². The Hall–Kier alpha value is -2.61. The molecule has 0 amide bonds. The lowest BCUT2D eigenvalue weighted by Crippen LogP contribution is -2.48. The summed E-state index contributed by atoms with van der Waals surface area (Å²) in [7, 11) is 3.28. The summed E-state index contributed by atoms with van der Waals surface area (Å²) in [6.45, 7) is 8.67. The van der Waals surface area contributed by atoms with Crippen molar-refractivity contribution in [3.63, 3.8) is 0 Å². The van der Waals surface area contributed by atoms with Crippen molar-refractivity contribution in [2.75, 3.05) is 27.2 Å². The van der Waals surface area contributed by atoms with Gasteiger partial charge in [-0.1, -0.05) is 19.9 Å². The summed E-state index contributed by atoms with van der Waals surface area (Å²) < 4.78 is 21.1. The zero-order chi connectivity index (χ0) is 22.2. The highest BCUT2D eigenvalue weighted by Crippen LogP contribution is 2.20. The van der Waals surface area contributed by atoms with E-state index in [0.717, 1.165) is 56.4 Å². The number of benzene rings is 1. The lowest BCUT2D eigenvalue weighted by molar-refractivity contribution is 0.198. The van der Waals surface area contributed by atoms with E-state index >= 15 is 0 Å². The molecule has 0 radical (unpaired) electrons. The van der Waals surface area contributed by atoms with Gasteiger partial charge in [-0.15, -0.1) is 0 Å². The van der Waals surface area contributed by atoms with Crippen molar-refractivity contribution in [2.24, 2.45) is 10.9 Å². The molecule has 0 spiro atoms. The van der Waals surface area contributed by atoms with Gasteiger partial charge in [-0.2, -0.15) is 0 Å². The SMILES string of the molecule is CN=C(NCc1nccn1CC(C)C)NC1CCN(Cc2ccc(OC)c(F)c2)CC1. The van der Waals surface area contributed by atoms with Crippen LogP contribution >= 0.6 is 0 Å². The molecule has 2 aromatic rings. The molecule has 8 heteroatoms. The van der Waals surface area contributed by atoms with E-state index in [1.165, 1.54) is 7.11 Å². The number of nitrogens with one attached hydrogen (secondary N) is 2. The van der Waals surface area contributed by atoms with E-state index in [2.05, 4.69) is 43.9 Å². The van der Waals surface area contributed by atoms with E-state index in [9.17, 15) is 4.39 Å². The minimum atomic E-state index is -0.305. The van der Waals surface area contributed by atoms with Crippen molar-refractivity contribution in [3.8, 4) is 5.75 Å². The molecule has 2 N–H and O–H groups in total. The monoisotopic (exact) mass is 430 g/mol. The third-order valence-corrected chi connectivity index (χ3v) is 5.55. The van der Waals surface area contributed by atoms with Gasteiger partial charge in [0.2, 0.25) is 0 Å². The van der Waals surface area contributed by atoms with E-state index in [1.54, 1.807) is 19.2 Å². The van der Waals surface area contributed by atoms with Gasteiger partial charge in [0.15, 0.2) is 17.5 Å². The molecular formula is C23H35FN6O. The van der Waals surface area contributed by atoms with Crippen molar-refractivity contribution < 1.29 is 9.13 Å². The second-order valence-corrected chi connectivity index (χ2v) is 8.48. The molecule has 0 saturated carbocycles. The van der Waals surface area contributed by atoms with Crippen LogP contribution in [0.2, 0.25) is 0 Å². The van der Waals surface area contributed by atoms with E-state index in [4.69, 9.17) is 4.74 Å². The highest BCUT2D eigenvalue weighted by atomic mass is 19.1. The lowest BCUT2D eigenvalue weighted by Gasteiger charge is -2.33. The number of rotatable bonds is 8. The Morgan fingerprint density at radius 3 is 2.74 bits per heavy atom. The summed E-state index contributed by atoms with van der Waals surface area (Å²) in [6.07, 6.45) is 5.90. The van der Waals surface area contributed by atoms with Gasteiger partial charge < -0.3 is 19.9 Å². The molecule has 3 rings (SSSR count). The maximum atomic E-state index is 13.9. The Kier molecular flexibility index (Phi) is 8.28. The Morgan fingerprint density at radius 2 is 2.10 bits per heavy atom. The van der Waals surface area contributed by atoms with Gasteiger partial charge in [-0.05, 0) is 36.5 Å². The smallest absolute Gasteiger partial charge is 0.191 e. The van der Waals surface area contributed by atoms with Crippen molar-refractivity contribution in [3.05, 3.63) is 47.8 Å². The normalized spacial score (nSPS) is 16.0. The van der Waals surface area contributed by atoms with E-state index in [0.29, 0.717) is 18.5 Å². The van der Waals surface area contributed by atoms with Crippen LogP contribution < -0.4 is 15.4 Å². The minimum Gasteiger partial charge on any atom is -0.494 e. The minimum absolute atomic E-state index is 0.289. The molecule has 0 aliphatic carbocycles. The average molecular weight is 431 g/mol. The van der Waals surface area contributed by atoms with Gasteiger partial charge in [0.25, 0.3) is 0 Å². The summed E-state index contributed by atoms with van der Waals surface area (Å²) in [5, 5.41) is 6.92. The molecule has 0 bridgehead atoms. The number of likely N-dealkylation sites (tertiary alicyclic amines) is 1. The number of ether oxygens (including phenoxy) is 1. The largest absolute Gasteiger partial charge is 0.494 e. The summed E-state index contributed by atoms with van der Waals surface area (Å²) in [5.74, 6) is 2.37. The molecule has 1 aromatic carbocycles. The van der Waals surface area contributed by atoms with Crippen LogP contribution in [0.3, 0.4) is 0 Å². The summed E-state index contributed by atoms with van der Waals surface area (Å²) in [6, 6.07) is 5.56. The first kappa shape index (κ1) is 23.1. The van der Waals surface area contributed by atoms with Gasteiger partial charge in [0, 0.05) is 51.7 Å². The molecule has 1 fully saturated rings. The fourth-order valence-electron chi connectivity index (χ4n) is 3.92. The molecule has 0 atom stereocenters. The Balaban J connectivity index is 1.44. The van der Waals surface area contributed by atoms with Gasteiger partial charge >= 0.3 is 0 Å². The van der Waals surface area contributed by atoms with E-state index in [1.807, 2.05) is 18.5 Å². The van der Waals surface area contributed by atoms with Crippen molar-refractivity contribution in [1.29, 1.82) is 0 Å². The molecule has 1 saturated heterocycles. The first-order valence-corrected chi connectivity index (χ1v) is 11.0. The molecular weight excluding hydrogens is 395 g/mol. The molecule has 0 unspecified atom stereocenters.